The zero-order chi connectivity index (χ0) is 9.42. The molecule has 0 fully saturated rings. The number of hydrogen-bond acceptors (Lipinski definition) is 3. The van der Waals surface area contributed by atoms with Crippen LogP contribution >= 0.6 is 15.9 Å². The lowest BCUT2D eigenvalue weighted by molar-refractivity contribution is -0.122. The average Bonchev–Trinajstić information content (AvgIpc) is 2.08. The Bertz CT molecular complexity index is 367. The minimum absolute atomic E-state index is 0.142. The zero-order valence-electron chi connectivity index (χ0n) is 6.87. The molecule has 13 heavy (non-hydrogen) atoms. The molecule has 0 radical (unpaired) electrons. The first-order valence-electron chi connectivity index (χ1n) is 3.80. The number of pyridine rings is 1. The van der Waals surface area contributed by atoms with E-state index in [0.29, 0.717) is 16.0 Å². The SMILES string of the molecule is CC1Oc2cc(Br)ncc2NC1=O. The van der Waals surface area contributed by atoms with Crippen LogP contribution in [0.4, 0.5) is 5.69 Å². The Morgan fingerprint density at radius 3 is 3.23 bits per heavy atom. The fourth-order valence-electron chi connectivity index (χ4n) is 1.08. The molecule has 0 aromatic carbocycles. The zero-order valence-corrected chi connectivity index (χ0v) is 8.46. The second kappa shape index (κ2) is 2.99. The van der Waals surface area contributed by atoms with Gasteiger partial charge in [-0.1, -0.05) is 0 Å². The molecule has 1 N–H and O–H groups in total. The third-order valence-corrected chi connectivity index (χ3v) is 2.20. The summed E-state index contributed by atoms with van der Waals surface area (Å²) in [6.07, 6.45) is 1.12. The summed E-state index contributed by atoms with van der Waals surface area (Å²) in [6.45, 7) is 1.70. The number of carbonyl (C=O) groups is 1. The van der Waals surface area contributed by atoms with Gasteiger partial charge < -0.3 is 10.1 Å². The van der Waals surface area contributed by atoms with Gasteiger partial charge in [-0.15, -0.1) is 0 Å². The molecule has 1 aliphatic rings. The molecule has 2 heterocycles. The third-order valence-electron chi connectivity index (χ3n) is 1.76. The maximum absolute atomic E-state index is 11.2. The number of nitrogens with one attached hydrogen (secondary N) is 1. The number of hydrogen-bond donors (Lipinski definition) is 1. The normalized spacial score (nSPS) is 20.2. The van der Waals surface area contributed by atoms with Gasteiger partial charge in [0.05, 0.1) is 6.20 Å². The number of anilines is 1. The second-order valence-corrected chi connectivity index (χ2v) is 3.56. The van der Waals surface area contributed by atoms with E-state index in [1.165, 1.54) is 0 Å². The van der Waals surface area contributed by atoms with Crippen LogP contribution < -0.4 is 10.1 Å². The minimum atomic E-state index is -0.443. The van der Waals surface area contributed by atoms with Crippen LogP contribution in [-0.2, 0) is 4.79 Å². The van der Waals surface area contributed by atoms with Gasteiger partial charge in [-0.2, -0.15) is 0 Å². The number of aromatic nitrogens is 1. The van der Waals surface area contributed by atoms with Crippen LogP contribution in [0.25, 0.3) is 0 Å². The molecule has 1 aromatic rings. The molecule has 0 saturated carbocycles. The Labute approximate surface area is 83.4 Å². The van der Waals surface area contributed by atoms with Gasteiger partial charge in [0.15, 0.2) is 6.10 Å². The third kappa shape index (κ3) is 1.51. The van der Waals surface area contributed by atoms with Crippen LogP contribution in [0.5, 0.6) is 5.75 Å². The van der Waals surface area contributed by atoms with Gasteiger partial charge in [0.1, 0.15) is 16.0 Å². The fourth-order valence-corrected chi connectivity index (χ4v) is 1.39. The van der Waals surface area contributed by atoms with Crippen LogP contribution in [-0.4, -0.2) is 17.0 Å². The minimum Gasteiger partial charge on any atom is -0.479 e. The van der Waals surface area contributed by atoms with E-state index in [4.69, 9.17) is 4.74 Å². The molecule has 0 bridgehead atoms. The molecule has 4 nitrogen and oxygen atoms in total. The van der Waals surface area contributed by atoms with Crippen molar-refractivity contribution >= 4 is 27.5 Å². The number of carbonyl (C=O) groups excluding carboxylic acids is 1. The van der Waals surface area contributed by atoms with E-state index in [0.717, 1.165) is 0 Å². The van der Waals surface area contributed by atoms with Gasteiger partial charge in [0.25, 0.3) is 5.91 Å². The summed E-state index contributed by atoms with van der Waals surface area (Å²) in [5.74, 6) is 0.505. The maximum Gasteiger partial charge on any atom is 0.265 e. The van der Waals surface area contributed by atoms with Crippen LogP contribution in [0.1, 0.15) is 6.92 Å². The standard InChI is InChI=1S/C8H7BrN2O2/c1-4-8(12)11-5-3-10-7(9)2-6(5)13-4/h2-4H,1H3,(H,11,12). The Kier molecular flexibility index (Phi) is 1.95. The van der Waals surface area contributed by atoms with Crippen LogP contribution in [0.3, 0.4) is 0 Å². The lowest BCUT2D eigenvalue weighted by Crippen LogP contribution is -2.34. The molecular formula is C8H7BrN2O2. The highest BCUT2D eigenvalue weighted by Gasteiger charge is 2.23. The molecule has 0 aliphatic carbocycles. The van der Waals surface area contributed by atoms with Gasteiger partial charge in [-0.25, -0.2) is 4.98 Å². The molecule has 5 heteroatoms. The molecule has 2 rings (SSSR count). The van der Waals surface area contributed by atoms with Crippen molar-refractivity contribution in [3.63, 3.8) is 0 Å². The van der Waals surface area contributed by atoms with E-state index >= 15 is 0 Å². The number of fused-ring (bicyclic) bond motifs is 1. The van der Waals surface area contributed by atoms with Crippen LogP contribution in [0, 0.1) is 0 Å². The first-order valence-corrected chi connectivity index (χ1v) is 4.59. The first-order chi connectivity index (χ1) is 6.16. The number of ether oxygens (including phenoxy) is 1. The Balaban J connectivity index is 2.42. The van der Waals surface area contributed by atoms with Crippen molar-refractivity contribution in [1.29, 1.82) is 0 Å². The van der Waals surface area contributed by atoms with Gasteiger partial charge in [0, 0.05) is 6.07 Å². The van der Waals surface area contributed by atoms with E-state index < -0.39 is 6.10 Å². The average molecular weight is 243 g/mol. The van der Waals surface area contributed by atoms with Crippen molar-refractivity contribution in [2.75, 3.05) is 5.32 Å². The number of nitrogens with zero attached hydrogens (tertiary/aromatic N) is 1. The Morgan fingerprint density at radius 1 is 1.69 bits per heavy atom. The van der Waals surface area contributed by atoms with Gasteiger partial charge >= 0.3 is 0 Å². The highest BCUT2D eigenvalue weighted by Crippen LogP contribution is 2.30. The molecule has 0 spiro atoms. The summed E-state index contributed by atoms with van der Waals surface area (Å²) >= 11 is 3.22. The monoisotopic (exact) mass is 242 g/mol. The number of rotatable bonds is 0. The van der Waals surface area contributed by atoms with E-state index in [9.17, 15) is 4.79 Å². The summed E-state index contributed by atoms with van der Waals surface area (Å²) < 4.78 is 6.03. The number of halogens is 1. The van der Waals surface area contributed by atoms with Crippen molar-refractivity contribution in [3.8, 4) is 5.75 Å². The quantitative estimate of drug-likeness (QED) is 0.703. The highest BCUT2D eigenvalue weighted by atomic mass is 79.9. The van der Waals surface area contributed by atoms with E-state index in [-0.39, 0.29) is 5.91 Å². The molecule has 0 saturated heterocycles. The molecular weight excluding hydrogens is 236 g/mol. The first kappa shape index (κ1) is 8.50. The summed E-state index contributed by atoms with van der Waals surface area (Å²) in [7, 11) is 0. The molecule has 68 valence electrons. The second-order valence-electron chi connectivity index (χ2n) is 2.75. The highest BCUT2D eigenvalue weighted by molar-refractivity contribution is 9.10. The van der Waals surface area contributed by atoms with Crippen LogP contribution in [0.2, 0.25) is 0 Å². The predicted molar refractivity (Wildman–Crippen MR) is 50.7 cm³/mol. The largest absolute Gasteiger partial charge is 0.479 e. The molecule has 1 unspecified atom stereocenters. The van der Waals surface area contributed by atoms with E-state index in [1.807, 2.05) is 0 Å². The van der Waals surface area contributed by atoms with Crippen LogP contribution in [0.15, 0.2) is 16.9 Å². The van der Waals surface area contributed by atoms with Gasteiger partial charge in [0.2, 0.25) is 0 Å². The van der Waals surface area contributed by atoms with E-state index in [2.05, 4.69) is 26.2 Å². The summed E-state index contributed by atoms with van der Waals surface area (Å²) in [5.41, 5.74) is 0.617. The topological polar surface area (TPSA) is 51.2 Å². The van der Waals surface area contributed by atoms with Gasteiger partial charge in [-0.3, -0.25) is 4.79 Å². The summed E-state index contributed by atoms with van der Waals surface area (Å²) in [4.78, 5) is 15.1. The van der Waals surface area contributed by atoms with Crippen molar-refractivity contribution in [3.05, 3.63) is 16.9 Å². The smallest absolute Gasteiger partial charge is 0.265 e. The van der Waals surface area contributed by atoms with Crippen molar-refractivity contribution in [2.24, 2.45) is 0 Å². The van der Waals surface area contributed by atoms with E-state index in [1.54, 1.807) is 19.2 Å². The lowest BCUT2D eigenvalue weighted by Gasteiger charge is -2.22. The fraction of sp³-hybridized carbons (Fsp3) is 0.250. The van der Waals surface area contributed by atoms with Crippen molar-refractivity contribution in [1.82, 2.24) is 4.98 Å². The van der Waals surface area contributed by atoms with Gasteiger partial charge in [-0.05, 0) is 22.9 Å². The maximum atomic E-state index is 11.2. The Morgan fingerprint density at radius 2 is 2.46 bits per heavy atom. The lowest BCUT2D eigenvalue weighted by atomic mass is 10.2. The number of amides is 1. The predicted octanol–water partition coefficient (Wildman–Crippen LogP) is 1.56. The van der Waals surface area contributed by atoms with Crippen molar-refractivity contribution in [2.45, 2.75) is 13.0 Å². The van der Waals surface area contributed by atoms with Crippen molar-refractivity contribution < 1.29 is 9.53 Å². The summed E-state index contributed by atoms with van der Waals surface area (Å²) in [5, 5.41) is 2.69. The Hall–Kier alpha value is -1.10. The molecule has 1 aliphatic heterocycles. The molecule has 1 aromatic heterocycles. The molecule has 1 atom stereocenters. The summed E-state index contributed by atoms with van der Waals surface area (Å²) in [6, 6.07) is 1.73. The molecule has 1 amide bonds.